The number of carbonyl (C=O) groups excluding carboxylic acids is 1. The van der Waals surface area contributed by atoms with E-state index >= 15 is 0 Å². The van der Waals surface area contributed by atoms with Crippen LogP contribution in [0, 0.1) is 17.8 Å². The molecule has 2 saturated carbocycles. The van der Waals surface area contributed by atoms with Crippen molar-refractivity contribution in [3.63, 3.8) is 0 Å². The highest BCUT2D eigenvalue weighted by Gasteiger charge is 2.54. The lowest BCUT2D eigenvalue weighted by molar-refractivity contribution is -0.123. The fourth-order valence-electron chi connectivity index (χ4n) is 3.58. The van der Waals surface area contributed by atoms with Gasteiger partial charge >= 0.3 is 0 Å². The van der Waals surface area contributed by atoms with Crippen LogP contribution in [0.2, 0.25) is 0 Å². The Morgan fingerprint density at radius 2 is 2.05 bits per heavy atom. The maximum atomic E-state index is 12.2. The molecule has 0 radical (unpaired) electrons. The highest BCUT2D eigenvalue weighted by molar-refractivity contribution is 5.82. The van der Waals surface area contributed by atoms with Crippen LogP contribution in [0.3, 0.4) is 0 Å². The lowest BCUT2D eigenvalue weighted by Gasteiger charge is -2.08. The molecule has 20 heavy (non-hydrogen) atoms. The van der Waals surface area contributed by atoms with Crippen molar-refractivity contribution in [1.29, 1.82) is 0 Å². The van der Waals surface area contributed by atoms with Crippen molar-refractivity contribution >= 4 is 11.6 Å². The van der Waals surface area contributed by atoms with Gasteiger partial charge in [0.2, 0.25) is 5.91 Å². The van der Waals surface area contributed by atoms with Crippen LogP contribution in [0.5, 0.6) is 5.75 Å². The number of anilines is 1. The minimum absolute atomic E-state index is 0.219. The van der Waals surface area contributed by atoms with Gasteiger partial charge in [0.1, 0.15) is 5.75 Å². The summed E-state index contributed by atoms with van der Waals surface area (Å²) in [5.41, 5.74) is 7.49. The fraction of sp³-hybridized carbons (Fsp3) is 0.562. The summed E-state index contributed by atoms with van der Waals surface area (Å²) in [7, 11) is 1.60. The highest BCUT2D eigenvalue weighted by Crippen LogP contribution is 2.55. The molecular weight excluding hydrogens is 252 g/mol. The van der Waals surface area contributed by atoms with E-state index in [9.17, 15) is 4.79 Å². The molecule has 1 aromatic carbocycles. The van der Waals surface area contributed by atoms with Crippen molar-refractivity contribution in [2.24, 2.45) is 17.8 Å². The molecule has 1 amide bonds. The number of nitrogen functional groups attached to an aromatic ring is 1. The van der Waals surface area contributed by atoms with Crippen molar-refractivity contribution in [3.05, 3.63) is 23.8 Å². The van der Waals surface area contributed by atoms with Crippen molar-refractivity contribution < 1.29 is 9.53 Å². The van der Waals surface area contributed by atoms with Gasteiger partial charge in [-0.1, -0.05) is 18.9 Å². The molecule has 1 aromatic rings. The molecule has 0 heterocycles. The van der Waals surface area contributed by atoms with E-state index in [1.54, 1.807) is 7.11 Å². The monoisotopic (exact) mass is 274 g/mol. The van der Waals surface area contributed by atoms with E-state index in [2.05, 4.69) is 5.32 Å². The van der Waals surface area contributed by atoms with E-state index in [-0.39, 0.29) is 11.8 Å². The number of rotatable bonds is 4. The van der Waals surface area contributed by atoms with Gasteiger partial charge in [-0.05, 0) is 42.4 Å². The number of methoxy groups -OCH3 is 1. The Balaban J connectivity index is 1.54. The molecule has 2 unspecified atom stereocenters. The van der Waals surface area contributed by atoms with Crippen molar-refractivity contribution in [2.75, 3.05) is 12.8 Å². The maximum Gasteiger partial charge on any atom is 0.223 e. The summed E-state index contributed by atoms with van der Waals surface area (Å²) in [5, 5.41) is 3.05. The third-order valence-electron chi connectivity index (χ3n) is 4.72. The summed E-state index contributed by atoms with van der Waals surface area (Å²) in [6.45, 7) is 0.545. The first-order valence-electron chi connectivity index (χ1n) is 7.41. The van der Waals surface area contributed by atoms with Gasteiger partial charge in [-0.2, -0.15) is 0 Å². The molecule has 4 heteroatoms. The quantitative estimate of drug-likeness (QED) is 0.828. The first-order chi connectivity index (χ1) is 9.70. The Hall–Kier alpha value is -1.71. The molecule has 0 saturated heterocycles. The van der Waals surface area contributed by atoms with Gasteiger partial charge in [0, 0.05) is 12.5 Å². The Morgan fingerprint density at radius 1 is 1.35 bits per heavy atom. The van der Waals surface area contributed by atoms with Gasteiger partial charge in [-0.15, -0.1) is 0 Å². The number of fused-ring (bicyclic) bond motifs is 1. The number of carbonyl (C=O) groups is 1. The molecule has 2 aliphatic carbocycles. The second kappa shape index (κ2) is 5.35. The number of hydrogen-bond acceptors (Lipinski definition) is 3. The van der Waals surface area contributed by atoms with Crippen LogP contribution in [0.15, 0.2) is 18.2 Å². The van der Waals surface area contributed by atoms with Gasteiger partial charge in [-0.25, -0.2) is 0 Å². The molecular formula is C16H22N2O2. The smallest absolute Gasteiger partial charge is 0.223 e. The molecule has 3 rings (SSSR count). The predicted octanol–water partition coefficient (Wildman–Crippen LogP) is 2.33. The van der Waals surface area contributed by atoms with Gasteiger partial charge in [0.15, 0.2) is 0 Å². The molecule has 2 atom stereocenters. The maximum absolute atomic E-state index is 12.2. The molecule has 2 aliphatic rings. The number of nitrogens with two attached hydrogens (primary N) is 1. The standard InChI is InChI=1S/C16H22N2O2/c1-20-14-7-6-10(8-13(14)17)9-18-16(19)15-11-4-2-3-5-12(11)15/h6-8,11-12,15H,2-5,9,17H2,1H3,(H,18,19). The van der Waals surface area contributed by atoms with Crippen molar-refractivity contribution in [1.82, 2.24) is 5.32 Å². The van der Waals surface area contributed by atoms with Crippen molar-refractivity contribution in [3.8, 4) is 5.75 Å². The zero-order valence-corrected chi connectivity index (χ0v) is 11.9. The Kier molecular flexibility index (Phi) is 3.55. The number of nitrogens with one attached hydrogen (secondary N) is 1. The van der Waals surface area contributed by atoms with Gasteiger partial charge in [0.05, 0.1) is 12.8 Å². The largest absolute Gasteiger partial charge is 0.495 e. The molecule has 0 spiro atoms. The van der Waals surface area contributed by atoms with Crippen LogP contribution < -0.4 is 15.8 Å². The summed E-state index contributed by atoms with van der Waals surface area (Å²) in [4.78, 5) is 12.2. The predicted molar refractivity (Wildman–Crippen MR) is 78.2 cm³/mol. The summed E-state index contributed by atoms with van der Waals surface area (Å²) in [5.74, 6) is 2.48. The third kappa shape index (κ3) is 2.47. The molecule has 0 aliphatic heterocycles. The summed E-state index contributed by atoms with van der Waals surface area (Å²) in [6, 6.07) is 5.64. The second-order valence-corrected chi connectivity index (χ2v) is 5.93. The Bertz CT molecular complexity index is 503. The van der Waals surface area contributed by atoms with E-state index in [4.69, 9.17) is 10.5 Å². The molecule has 2 fully saturated rings. The van der Waals surface area contributed by atoms with E-state index in [1.807, 2.05) is 18.2 Å². The third-order valence-corrected chi connectivity index (χ3v) is 4.72. The average molecular weight is 274 g/mol. The van der Waals surface area contributed by atoms with Crippen LogP contribution in [0.1, 0.15) is 31.2 Å². The molecule has 0 aromatic heterocycles. The minimum Gasteiger partial charge on any atom is -0.495 e. The zero-order chi connectivity index (χ0) is 14.1. The van der Waals surface area contributed by atoms with Crippen LogP contribution >= 0.6 is 0 Å². The topological polar surface area (TPSA) is 64.3 Å². The number of ether oxygens (including phenoxy) is 1. The van der Waals surface area contributed by atoms with E-state index in [0.717, 1.165) is 5.56 Å². The van der Waals surface area contributed by atoms with Crippen LogP contribution in [-0.2, 0) is 11.3 Å². The number of amides is 1. The Labute approximate surface area is 119 Å². The summed E-state index contributed by atoms with van der Waals surface area (Å²) in [6.07, 6.45) is 5.05. The SMILES string of the molecule is COc1ccc(CNC(=O)C2C3CCCCC32)cc1N. The number of hydrogen-bond donors (Lipinski definition) is 2. The highest BCUT2D eigenvalue weighted by atomic mass is 16.5. The zero-order valence-electron chi connectivity index (χ0n) is 11.9. The molecule has 4 nitrogen and oxygen atoms in total. The van der Waals surface area contributed by atoms with Gasteiger partial charge < -0.3 is 15.8 Å². The van der Waals surface area contributed by atoms with E-state index < -0.39 is 0 Å². The van der Waals surface area contributed by atoms with Crippen LogP contribution in [0.4, 0.5) is 5.69 Å². The van der Waals surface area contributed by atoms with Crippen LogP contribution in [-0.4, -0.2) is 13.0 Å². The average Bonchev–Trinajstić information content (AvgIpc) is 3.19. The summed E-state index contributed by atoms with van der Waals surface area (Å²) >= 11 is 0. The number of benzene rings is 1. The molecule has 108 valence electrons. The lowest BCUT2D eigenvalue weighted by atomic mass is 10.0. The Morgan fingerprint density at radius 3 is 2.65 bits per heavy atom. The molecule has 3 N–H and O–H groups in total. The molecule has 0 bridgehead atoms. The van der Waals surface area contributed by atoms with Crippen molar-refractivity contribution in [2.45, 2.75) is 32.2 Å². The summed E-state index contributed by atoms with van der Waals surface area (Å²) < 4.78 is 5.13. The van der Waals surface area contributed by atoms with Gasteiger partial charge in [-0.3, -0.25) is 4.79 Å². The first-order valence-corrected chi connectivity index (χ1v) is 7.41. The van der Waals surface area contributed by atoms with E-state index in [0.29, 0.717) is 29.8 Å². The normalized spacial score (nSPS) is 27.6. The van der Waals surface area contributed by atoms with Gasteiger partial charge in [0.25, 0.3) is 0 Å². The minimum atomic E-state index is 0.219. The van der Waals surface area contributed by atoms with E-state index in [1.165, 1.54) is 25.7 Å². The first kappa shape index (κ1) is 13.3. The van der Waals surface area contributed by atoms with Crippen LogP contribution in [0.25, 0.3) is 0 Å². The lowest BCUT2D eigenvalue weighted by Crippen LogP contribution is -2.25. The fourth-order valence-corrected chi connectivity index (χ4v) is 3.58. The second-order valence-electron chi connectivity index (χ2n) is 5.93.